The number of rotatable bonds is 9. The zero-order valence-electron chi connectivity index (χ0n) is 15.0. The van der Waals surface area contributed by atoms with E-state index in [1.807, 2.05) is 30.5 Å². The van der Waals surface area contributed by atoms with Gasteiger partial charge in [0.25, 0.3) is 0 Å². The normalized spacial score (nSPS) is 23.2. The largest absolute Gasteiger partial charge is 0.369 e. The molecule has 0 bridgehead atoms. The lowest BCUT2D eigenvalue weighted by molar-refractivity contribution is -0.0165. The van der Waals surface area contributed by atoms with Crippen molar-refractivity contribution in [1.29, 1.82) is 0 Å². The molecule has 6 nitrogen and oxygen atoms in total. The van der Waals surface area contributed by atoms with Gasteiger partial charge in [-0.2, -0.15) is 0 Å². The molecule has 0 amide bonds. The molecule has 136 valence electrons. The Morgan fingerprint density at radius 3 is 2.80 bits per heavy atom. The van der Waals surface area contributed by atoms with E-state index < -0.39 is 0 Å². The lowest BCUT2D eigenvalue weighted by Gasteiger charge is -2.36. The van der Waals surface area contributed by atoms with E-state index in [0.29, 0.717) is 16.9 Å². The van der Waals surface area contributed by atoms with E-state index in [1.165, 1.54) is 11.3 Å². The smallest absolute Gasteiger partial charge is 0.198 e. The molecule has 1 aromatic heterocycles. The molecule has 1 aliphatic rings. The SMILES string of the molecule is CCN[C@@H]1[C@@H](N=[N+]=[N-])CC(C(=O)c2cccs2)=C[C@H]1OC(CC)CC. The average molecular weight is 362 g/mol. The van der Waals surface area contributed by atoms with Crippen molar-refractivity contribution in [3.63, 3.8) is 0 Å². The molecule has 1 aliphatic carbocycles. The Hall–Kier alpha value is -1.66. The number of ketones is 1. The van der Waals surface area contributed by atoms with Crippen molar-refractivity contribution in [3.05, 3.63) is 44.5 Å². The maximum Gasteiger partial charge on any atom is 0.198 e. The predicted octanol–water partition coefficient (Wildman–Crippen LogP) is 4.49. The number of azide groups is 1. The van der Waals surface area contributed by atoms with E-state index in [-0.39, 0.29) is 30.1 Å². The lowest BCUT2D eigenvalue weighted by Crippen LogP contribution is -2.51. The fourth-order valence-electron chi connectivity index (χ4n) is 3.17. The molecular formula is C18H26N4O2S. The highest BCUT2D eigenvalue weighted by Crippen LogP contribution is 2.29. The number of carbonyl (C=O) groups is 1. The second-order valence-electron chi connectivity index (χ2n) is 6.10. The van der Waals surface area contributed by atoms with Crippen molar-refractivity contribution >= 4 is 17.1 Å². The summed E-state index contributed by atoms with van der Waals surface area (Å²) in [5.41, 5.74) is 9.63. The Bertz CT molecular complexity index is 634. The summed E-state index contributed by atoms with van der Waals surface area (Å²) < 4.78 is 6.26. The molecular weight excluding hydrogens is 336 g/mol. The van der Waals surface area contributed by atoms with Crippen LogP contribution >= 0.6 is 11.3 Å². The summed E-state index contributed by atoms with van der Waals surface area (Å²) in [6, 6.07) is 3.23. The van der Waals surface area contributed by atoms with Crippen LogP contribution in [0.3, 0.4) is 0 Å². The summed E-state index contributed by atoms with van der Waals surface area (Å²) in [7, 11) is 0. The first-order valence-electron chi connectivity index (χ1n) is 8.86. The van der Waals surface area contributed by atoms with Crippen molar-refractivity contribution in [3.8, 4) is 0 Å². The van der Waals surface area contributed by atoms with Gasteiger partial charge in [-0.25, -0.2) is 0 Å². The minimum Gasteiger partial charge on any atom is -0.369 e. The number of carbonyl (C=O) groups excluding carboxylic acids is 1. The highest BCUT2D eigenvalue weighted by Gasteiger charge is 2.36. The van der Waals surface area contributed by atoms with Gasteiger partial charge < -0.3 is 10.1 Å². The first-order valence-corrected chi connectivity index (χ1v) is 9.74. The summed E-state index contributed by atoms with van der Waals surface area (Å²) >= 11 is 1.42. The zero-order chi connectivity index (χ0) is 18.2. The Kier molecular flexibility index (Phi) is 7.65. The molecule has 0 aliphatic heterocycles. The summed E-state index contributed by atoms with van der Waals surface area (Å²) in [4.78, 5) is 16.5. The number of hydrogen-bond donors (Lipinski definition) is 1. The van der Waals surface area contributed by atoms with Gasteiger partial charge in [-0.15, -0.1) is 11.3 Å². The quantitative estimate of drug-likeness (QED) is 0.304. The third-order valence-electron chi connectivity index (χ3n) is 4.50. The first-order chi connectivity index (χ1) is 12.1. The van der Waals surface area contributed by atoms with Crippen LogP contribution in [0, 0.1) is 0 Å². The summed E-state index contributed by atoms with van der Waals surface area (Å²) in [6.45, 7) is 6.93. The number of hydrogen-bond acceptors (Lipinski definition) is 5. The molecule has 1 N–H and O–H groups in total. The minimum absolute atomic E-state index is 0.00114. The van der Waals surface area contributed by atoms with Crippen molar-refractivity contribution < 1.29 is 9.53 Å². The molecule has 0 aromatic carbocycles. The maximum atomic E-state index is 12.8. The third kappa shape index (κ3) is 4.92. The average Bonchev–Trinajstić information content (AvgIpc) is 3.16. The number of nitrogens with one attached hydrogen (secondary N) is 1. The van der Waals surface area contributed by atoms with Gasteiger partial charge in [-0.3, -0.25) is 4.79 Å². The van der Waals surface area contributed by atoms with Crippen molar-refractivity contribution in [2.75, 3.05) is 6.54 Å². The number of likely N-dealkylation sites (N-methyl/N-ethyl adjacent to an activating group) is 1. The highest BCUT2D eigenvalue weighted by atomic mass is 32.1. The molecule has 1 aromatic rings. The van der Waals surface area contributed by atoms with Crippen LogP contribution in [0.1, 0.15) is 49.7 Å². The molecule has 0 radical (unpaired) electrons. The van der Waals surface area contributed by atoms with E-state index in [9.17, 15) is 4.79 Å². The molecule has 3 atom stereocenters. The fraction of sp³-hybridized carbons (Fsp3) is 0.611. The van der Waals surface area contributed by atoms with E-state index >= 15 is 0 Å². The van der Waals surface area contributed by atoms with Crippen molar-refractivity contribution in [1.82, 2.24) is 5.32 Å². The van der Waals surface area contributed by atoms with E-state index in [4.69, 9.17) is 10.3 Å². The summed E-state index contributed by atoms with van der Waals surface area (Å²) in [6.07, 6.45) is 4.00. The molecule has 2 rings (SSSR count). The molecule has 1 heterocycles. The van der Waals surface area contributed by atoms with Crippen LogP contribution < -0.4 is 5.32 Å². The number of thiophene rings is 1. The highest BCUT2D eigenvalue weighted by molar-refractivity contribution is 7.12. The van der Waals surface area contributed by atoms with Gasteiger partial charge in [-0.1, -0.05) is 32.0 Å². The number of ether oxygens (including phenoxy) is 1. The lowest BCUT2D eigenvalue weighted by atomic mass is 9.86. The summed E-state index contributed by atoms with van der Waals surface area (Å²) in [5, 5.41) is 9.22. The van der Waals surface area contributed by atoms with Crippen LogP contribution in [0.4, 0.5) is 0 Å². The van der Waals surface area contributed by atoms with Crippen LogP contribution in [-0.4, -0.2) is 36.6 Å². The maximum absolute atomic E-state index is 12.8. The van der Waals surface area contributed by atoms with E-state index in [2.05, 4.69) is 29.2 Å². The second kappa shape index (κ2) is 9.73. The topological polar surface area (TPSA) is 87.1 Å². The Labute approximate surface area is 152 Å². The molecule has 0 unspecified atom stereocenters. The molecule has 25 heavy (non-hydrogen) atoms. The monoisotopic (exact) mass is 362 g/mol. The van der Waals surface area contributed by atoms with Crippen LogP contribution in [0.5, 0.6) is 0 Å². The molecule has 0 fully saturated rings. The van der Waals surface area contributed by atoms with Gasteiger partial charge in [0.05, 0.1) is 23.1 Å². The molecule has 7 heteroatoms. The van der Waals surface area contributed by atoms with E-state index in [1.54, 1.807) is 0 Å². The summed E-state index contributed by atoms with van der Waals surface area (Å²) in [5.74, 6) is 0.00114. The van der Waals surface area contributed by atoms with Gasteiger partial charge in [0, 0.05) is 16.5 Å². The van der Waals surface area contributed by atoms with Gasteiger partial charge in [0.1, 0.15) is 0 Å². The first kappa shape index (κ1) is 19.7. The van der Waals surface area contributed by atoms with Gasteiger partial charge in [-0.05, 0) is 48.9 Å². The van der Waals surface area contributed by atoms with Crippen LogP contribution in [-0.2, 0) is 4.74 Å². The molecule has 0 saturated carbocycles. The van der Waals surface area contributed by atoms with Crippen LogP contribution in [0.15, 0.2) is 34.3 Å². The fourth-order valence-corrected chi connectivity index (χ4v) is 3.87. The predicted molar refractivity (Wildman–Crippen MR) is 101 cm³/mol. The Balaban J connectivity index is 2.34. The molecule has 0 saturated heterocycles. The van der Waals surface area contributed by atoms with Gasteiger partial charge >= 0.3 is 0 Å². The Morgan fingerprint density at radius 1 is 1.48 bits per heavy atom. The van der Waals surface area contributed by atoms with Gasteiger partial charge in [0.15, 0.2) is 5.78 Å². The second-order valence-corrected chi connectivity index (χ2v) is 7.05. The Morgan fingerprint density at radius 2 is 2.24 bits per heavy atom. The van der Waals surface area contributed by atoms with Crippen molar-refractivity contribution in [2.45, 2.75) is 64.3 Å². The van der Waals surface area contributed by atoms with Crippen LogP contribution in [0.25, 0.3) is 10.4 Å². The molecule has 0 spiro atoms. The van der Waals surface area contributed by atoms with E-state index in [0.717, 1.165) is 19.4 Å². The minimum atomic E-state index is -0.340. The van der Waals surface area contributed by atoms with Crippen molar-refractivity contribution in [2.24, 2.45) is 5.11 Å². The van der Waals surface area contributed by atoms with Gasteiger partial charge in [0.2, 0.25) is 0 Å². The number of nitrogens with zero attached hydrogens (tertiary/aromatic N) is 3. The zero-order valence-corrected chi connectivity index (χ0v) is 15.8. The standard InChI is InChI=1S/C18H26N4O2S/c1-4-13(5-2)24-15-11-12(18(23)16-8-7-9-25-16)10-14(21-22-19)17(15)20-6-3/h7-9,11,13-15,17,20H,4-6,10H2,1-3H3/t14-,15+,17+/m0/s1. The number of Topliss-reactive ketones (excluding diaryl/α,β-unsaturated/α-hetero) is 1. The van der Waals surface area contributed by atoms with Crippen LogP contribution in [0.2, 0.25) is 0 Å². The third-order valence-corrected chi connectivity index (χ3v) is 5.37.